The first-order valence-electron chi connectivity index (χ1n) is 5.87. The number of hydrogen-bond donors (Lipinski definition) is 1. The van der Waals surface area contributed by atoms with Crippen LogP contribution in [0.5, 0.6) is 0 Å². The molecule has 1 fully saturated rings. The Kier molecular flexibility index (Phi) is 4.56. The van der Waals surface area contributed by atoms with Crippen molar-refractivity contribution in [3.8, 4) is 0 Å². The van der Waals surface area contributed by atoms with Crippen LogP contribution in [0.25, 0.3) is 0 Å². The largest absolute Gasteiger partial charge is 0.391 e. The van der Waals surface area contributed by atoms with Crippen molar-refractivity contribution in [3.05, 3.63) is 0 Å². The van der Waals surface area contributed by atoms with Crippen LogP contribution in [-0.4, -0.2) is 36.1 Å². The molecule has 0 saturated heterocycles. The van der Waals surface area contributed by atoms with Crippen LogP contribution in [0, 0.1) is 5.92 Å². The molecule has 3 nitrogen and oxygen atoms in total. The molecule has 0 aliphatic heterocycles. The Morgan fingerprint density at radius 2 is 2.07 bits per heavy atom. The van der Waals surface area contributed by atoms with E-state index >= 15 is 0 Å². The molecule has 0 radical (unpaired) electrons. The van der Waals surface area contributed by atoms with Crippen molar-refractivity contribution in [2.75, 3.05) is 13.2 Å². The number of aliphatic hydroxyl groups is 1. The monoisotopic (exact) mass is 216 g/mol. The van der Waals surface area contributed by atoms with Gasteiger partial charge in [-0.3, -0.25) is 0 Å². The SMILES string of the molecule is CC(O)COC1(C)CCC1COC(C)C. The minimum Gasteiger partial charge on any atom is -0.391 e. The molecule has 0 spiro atoms. The summed E-state index contributed by atoms with van der Waals surface area (Å²) in [6, 6.07) is 0. The van der Waals surface area contributed by atoms with Crippen LogP contribution >= 0.6 is 0 Å². The Morgan fingerprint density at radius 3 is 2.47 bits per heavy atom. The highest BCUT2D eigenvalue weighted by atomic mass is 16.5. The average molecular weight is 216 g/mol. The zero-order chi connectivity index (χ0) is 11.5. The summed E-state index contributed by atoms with van der Waals surface area (Å²) in [5.41, 5.74) is -0.0775. The molecule has 0 amide bonds. The predicted molar refractivity (Wildman–Crippen MR) is 59.8 cm³/mol. The molecule has 0 aromatic rings. The standard InChI is InChI=1S/C12H24O3/c1-9(2)14-8-11-5-6-12(11,4)15-7-10(3)13/h9-11,13H,5-8H2,1-4H3. The second-order valence-electron chi connectivity index (χ2n) is 5.09. The maximum absolute atomic E-state index is 9.18. The third kappa shape index (κ3) is 3.74. The van der Waals surface area contributed by atoms with E-state index in [4.69, 9.17) is 9.47 Å². The van der Waals surface area contributed by atoms with E-state index in [0.29, 0.717) is 12.5 Å². The van der Waals surface area contributed by atoms with Gasteiger partial charge in [0.1, 0.15) is 0 Å². The molecule has 3 heteroatoms. The lowest BCUT2D eigenvalue weighted by Crippen LogP contribution is -2.50. The predicted octanol–water partition coefficient (Wildman–Crippen LogP) is 1.98. The molecule has 1 aliphatic carbocycles. The summed E-state index contributed by atoms with van der Waals surface area (Å²) in [5, 5.41) is 9.18. The third-order valence-electron chi connectivity index (χ3n) is 3.14. The molecule has 90 valence electrons. The van der Waals surface area contributed by atoms with Gasteiger partial charge >= 0.3 is 0 Å². The minimum atomic E-state index is -0.380. The lowest BCUT2D eigenvalue weighted by Gasteiger charge is -2.47. The Balaban J connectivity index is 2.28. The van der Waals surface area contributed by atoms with E-state index in [-0.39, 0.29) is 17.8 Å². The van der Waals surface area contributed by atoms with E-state index in [0.717, 1.165) is 13.0 Å². The molecule has 1 aliphatic rings. The zero-order valence-electron chi connectivity index (χ0n) is 10.3. The van der Waals surface area contributed by atoms with E-state index in [1.54, 1.807) is 6.92 Å². The Labute approximate surface area is 92.8 Å². The smallest absolute Gasteiger partial charge is 0.0745 e. The highest BCUT2D eigenvalue weighted by molar-refractivity contribution is 4.94. The molecule has 1 N–H and O–H groups in total. The molecule has 0 bridgehead atoms. The van der Waals surface area contributed by atoms with Gasteiger partial charge in [0.15, 0.2) is 0 Å². The highest BCUT2D eigenvalue weighted by Crippen LogP contribution is 2.41. The van der Waals surface area contributed by atoms with Crippen LogP contribution < -0.4 is 0 Å². The van der Waals surface area contributed by atoms with Crippen molar-refractivity contribution in [2.45, 2.75) is 58.3 Å². The second kappa shape index (κ2) is 5.28. The van der Waals surface area contributed by atoms with Crippen molar-refractivity contribution in [1.29, 1.82) is 0 Å². The molecule has 15 heavy (non-hydrogen) atoms. The lowest BCUT2D eigenvalue weighted by molar-refractivity contribution is -0.169. The quantitative estimate of drug-likeness (QED) is 0.738. The van der Waals surface area contributed by atoms with Crippen LogP contribution in [0.15, 0.2) is 0 Å². The van der Waals surface area contributed by atoms with Gasteiger partial charge in [0.05, 0.1) is 31.0 Å². The molecular weight excluding hydrogens is 192 g/mol. The summed E-state index contributed by atoms with van der Waals surface area (Å²) in [7, 11) is 0. The minimum absolute atomic E-state index is 0.0775. The highest BCUT2D eigenvalue weighted by Gasteiger charge is 2.44. The molecule has 3 unspecified atom stereocenters. The summed E-state index contributed by atoms with van der Waals surface area (Å²) in [6.45, 7) is 9.16. The van der Waals surface area contributed by atoms with Crippen LogP contribution in [0.4, 0.5) is 0 Å². The summed E-state index contributed by atoms with van der Waals surface area (Å²) < 4.78 is 11.3. The lowest BCUT2D eigenvalue weighted by atomic mass is 9.71. The van der Waals surface area contributed by atoms with Crippen molar-refractivity contribution in [1.82, 2.24) is 0 Å². The van der Waals surface area contributed by atoms with Gasteiger partial charge in [-0.2, -0.15) is 0 Å². The molecule has 3 atom stereocenters. The first kappa shape index (κ1) is 12.9. The molecule has 1 rings (SSSR count). The molecule has 0 aromatic heterocycles. The zero-order valence-corrected chi connectivity index (χ0v) is 10.3. The van der Waals surface area contributed by atoms with Gasteiger partial charge < -0.3 is 14.6 Å². The van der Waals surface area contributed by atoms with Crippen LogP contribution in [0.1, 0.15) is 40.5 Å². The van der Waals surface area contributed by atoms with Gasteiger partial charge in [-0.25, -0.2) is 0 Å². The van der Waals surface area contributed by atoms with E-state index < -0.39 is 0 Å². The molecule has 0 aromatic carbocycles. The second-order valence-corrected chi connectivity index (χ2v) is 5.09. The van der Waals surface area contributed by atoms with Gasteiger partial charge in [0, 0.05) is 5.92 Å². The normalized spacial score (nSPS) is 32.8. The van der Waals surface area contributed by atoms with Gasteiger partial charge in [-0.1, -0.05) is 0 Å². The van der Waals surface area contributed by atoms with Crippen LogP contribution in [0.2, 0.25) is 0 Å². The maximum atomic E-state index is 9.18. The number of ether oxygens (including phenoxy) is 2. The fourth-order valence-corrected chi connectivity index (χ4v) is 1.82. The van der Waals surface area contributed by atoms with E-state index in [1.165, 1.54) is 6.42 Å². The van der Waals surface area contributed by atoms with Gasteiger partial charge in [0.25, 0.3) is 0 Å². The third-order valence-corrected chi connectivity index (χ3v) is 3.14. The molecule has 0 heterocycles. The van der Waals surface area contributed by atoms with Crippen molar-refractivity contribution in [3.63, 3.8) is 0 Å². The van der Waals surface area contributed by atoms with Gasteiger partial charge in [-0.05, 0) is 40.5 Å². The number of rotatable bonds is 6. The first-order valence-corrected chi connectivity index (χ1v) is 5.87. The van der Waals surface area contributed by atoms with Gasteiger partial charge in [-0.15, -0.1) is 0 Å². The fraction of sp³-hybridized carbons (Fsp3) is 1.00. The average Bonchev–Trinajstić information content (AvgIpc) is 2.12. The van der Waals surface area contributed by atoms with Gasteiger partial charge in [0.2, 0.25) is 0 Å². The number of hydrogen-bond acceptors (Lipinski definition) is 3. The summed E-state index contributed by atoms with van der Waals surface area (Å²) in [5.74, 6) is 0.485. The van der Waals surface area contributed by atoms with Crippen LogP contribution in [-0.2, 0) is 9.47 Å². The maximum Gasteiger partial charge on any atom is 0.0745 e. The van der Waals surface area contributed by atoms with E-state index in [1.807, 2.05) is 13.8 Å². The first-order chi connectivity index (χ1) is 6.94. The topological polar surface area (TPSA) is 38.7 Å². The number of aliphatic hydroxyl groups excluding tert-OH is 1. The summed E-state index contributed by atoms with van der Waals surface area (Å²) in [4.78, 5) is 0. The van der Waals surface area contributed by atoms with Crippen molar-refractivity contribution >= 4 is 0 Å². The Hall–Kier alpha value is -0.120. The summed E-state index contributed by atoms with van der Waals surface area (Å²) in [6.07, 6.45) is 2.15. The van der Waals surface area contributed by atoms with E-state index in [2.05, 4.69) is 6.92 Å². The van der Waals surface area contributed by atoms with E-state index in [9.17, 15) is 5.11 Å². The molecular formula is C12H24O3. The Bertz CT molecular complexity index is 191. The molecule has 1 saturated carbocycles. The van der Waals surface area contributed by atoms with Crippen LogP contribution in [0.3, 0.4) is 0 Å². The summed E-state index contributed by atoms with van der Waals surface area (Å²) >= 11 is 0. The van der Waals surface area contributed by atoms with Crippen molar-refractivity contribution in [2.24, 2.45) is 5.92 Å². The fourth-order valence-electron chi connectivity index (χ4n) is 1.82. The van der Waals surface area contributed by atoms with Crippen molar-refractivity contribution < 1.29 is 14.6 Å². The Morgan fingerprint density at radius 1 is 1.40 bits per heavy atom.